The van der Waals surface area contributed by atoms with Crippen LogP contribution in [0.5, 0.6) is 11.5 Å². The van der Waals surface area contributed by atoms with Crippen LogP contribution in [-0.2, 0) is 0 Å². The molecule has 1 aromatic rings. The van der Waals surface area contributed by atoms with E-state index in [-0.39, 0.29) is 29.3 Å². The van der Waals surface area contributed by atoms with E-state index in [4.69, 9.17) is 9.47 Å². The molecule has 0 bridgehead atoms. The average molecular weight is 347 g/mol. The molecule has 2 aliphatic heterocycles. The van der Waals surface area contributed by atoms with Crippen LogP contribution in [0.15, 0.2) is 24.3 Å². The van der Waals surface area contributed by atoms with Crippen molar-refractivity contribution in [1.29, 1.82) is 0 Å². The molecular weight excluding hydrogens is 318 g/mol. The van der Waals surface area contributed by atoms with Gasteiger partial charge in [0.25, 0.3) is 0 Å². The van der Waals surface area contributed by atoms with Crippen LogP contribution in [0, 0.1) is 0 Å². The number of ether oxygens (including phenoxy) is 2. The Morgan fingerprint density at radius 3 is 2.48 bits per heavy atom. The maximum absolute atomic E-state index is 12.3. The largest absolute Gasteiger partial charge is 0.486 e. The molecule has 6 nitrogen and oxygen atoms in total. The van der Waals surface area contributed by atoms with Crippen molar-refractivity contribution in [2.24, 2.45) is 0 Å². The summed E-state index contributed by atoms with van der Waals surface area (Å²) in [5.41, 5.74) is 0.00740. The van der Waals surface area contributed by atoms with E-state index in [2.05, 4.69) is 43.6 Å². The fourth-order valence-corrected chi connectivity index (χ4v) is 4.03. The van der Waals surface area contributed by atoms with Crippen molar-refractivity contribution in [1.82, 2.24) is 16.0 Å². The van der Waals surface area contributed by atoms with Gasteiger partial charge in [0.15, 0.2) is 17.6 Å². The normalized spacial score (nSPS) is 24.4. The molecule has 2 aliphatic rings. The molecule has 25 heavy (non-hydrogen) atoms. The summed E-state index contributed by atoms with van der Waals surface area (Å²) in [6.07, 6.45) is 1.63. The van der Waals surface area contributed by atoms with E-state index in [9.17, 15) is 4.79 Å². The van der Waals surface area contributed by atoms with Gasteiger partial charge in [-0.05, 0) is 52.7 Å². The van der Waals surface area contributed by atoms with Gasteiger partial charge in [-0.15, -0.1) is 0 Å². The molecule has 2 heterocycles. The Hall–Kier alpha value is -1.95. The molecule has 6 heteroatoms. The lowest BCUT2D eigenvalue weighted by molar-refractivity contribution is 0.0911. The average Bonchev–Trinajstić information content (AvgIpc) is 2.49. The van der Waals surface area contributed by atoms with Crippen LogP contribution in [0.4, 0.5) is 4.79 Å². The number of amides is 2. The van der Waals surface area contributed by atoms with Crippen LogP contribution in [0.2, 0.25) is 0 Å². The molecule has 138 valence electrons. The summed E-state index contributed by atoms with van der Waals surface area (Å²) in [5, 5.41) is 9.63. The van der Waals surface area contributed by atoms with Gasteiger partial charge in [-0.1, -0.05) is 12.1 Å². The number of nitrogens with one attached hydrogen (secondary N) is 3. The number of hydrogen-bond acceptors (Lipinski definition) is 4. The molecule has 0 radical (unpaired) electrons. The Morgan fingerprint density at radius 1 is 1.16 bits per heavy atom. The summed E-state index contributed by atoms with van der Waals surface area (Å²) in [4.78, 5) is 12.3. The number of carbonyl (C=O) groups excluding carboxylic acids is 1. The number of fused-ring (bicyclic) bond motifs is 1. The zero-order chi connectivity index (χ0) is 18.1. The number of urea groups is 1. The van der Waals surface area contributed by atoms with Crippen molar-refractivity contribution >= 4 is 6.03 Å². The lowest BCUT2D eigenvalue weighted by atomic mass is 9.80. The molecule has 0 unspecified atom stereocenters. The molecule has 3 N–H and O–H groups in total. The minimum absolute atomic E-state index is 0.00370. The van der Waals surface area contributed by atoms with Crippen LogP contribution in [0.1, 0.15) is 40.5 Å². The van der Waals surface area contributed by atoms with Crippen molar-refractivity contribution < 1.29 is 14.3 Å². The van der Waals surface area contributed by atoms with Crippen LogP contribution in [-0.4, -0.2) is 42.4 Å². The van der Waals surface area contributed by atoms with Crippen molar-refractivity contribution in [2.75, 3.05) is 13.2 Å². The summed E-state index contributed by atoms with van der Waals surface area (Å²) < 4.78 is 11.5. The molecule has 0 aliphatic carbocycles. The molecule has 1 saturated heterocycles. The number of rotatable bonds is 3. The Labute approximate surface area is 149 Å². The van der Waals surface area contributed by atoms with E-state index in [1.165, 1.54) is 0 Å². The third-order valence-electron chi connectivity index (χ3n) is 4.58. The molecule has 3 rings (SSSR count). The van der Waals surface area contributed by atoms with Crippen molar-refractivity contribution in [3.8, 4) is 11.5 Å². The minimum Gasteiger partial charge on any atom is -0.486 e. The van der Waals surface area contributed by atoms with Crippen molar-refractivity contribution in [2.45, 2.75) is 63.8 Å². The van der Waals surface area contributed by atoms with E-state index in [0.29, 0.717) is 13.2 Å². The van der Waals surface area contributed by atoms with E-state index in [0.717, 1.165) is 24.3 Å². The first-order chi connectivity index (χ1) is 11.7. The second-order valence-corrected chi connectivity index (χ2v) is 8.35. The summed E-state index contributed by atoms with van der Waals surface area (Å²) in [6.45, 7) is 9.54. The summed E-state index contributed by atoms with van der Waals surface area (Å²) in [5.74, 6) is 1.48. The first kappa shape index (κ1) is 17.9. The van der Waals surface area contributed by atoms with Crippen molar-refractivity contribution in [3.05, 3.63) is 24.3 Å². The van der Waals surface area contributed by atoms with Crippen LogP contribution < -0.4 is 25.4 Å². The smallest absolute Gasteiger partial charge is 0.315 e. The number of benzene rings is 1. The Balaban J connectivity index is 1.47. The highest BCUT2D eigenvalue weighted by Crippen LogP contribution is 2.31. The highest BCUT2D eigenvalue weighted by molar-refractivity contribution is 5.74. The maximum Gasteiger partial charge on any atom is 0.315 e. The first-order valence-corrected chi connectivity index (χ1v) is 8.95. The third kappa shape index (κ3) is 4.78. The second-order valence-electron chi connectivity index (χ2n) is 8.35. The first-order valence-electron chi connectivity index (χ1n) is 8.95. The second kappa shape index (κ2) is 6.75. The summed E-state index contributed by atoms with van der Waals surface area (Å²) in [6, 6.07) is 7.57. The monoisotopic (exact) mass is 347 g/mol. The fraction of sp³-hybridized carbons (Fsp3) is 0.632. The quantitative estimate of drug-likeness (QED) is 0.785. The Bertz CT molecular complexity index is 614. The topological polar surface area (TPSA) is 71.6 Å². The van der Waals surface area contributed by atoms with Gasteiger partial charge >= 0.3 is 6.03 Å². The summed E-state index contributed by atoms with van der Waals surface area (Å²) in [7, 11) is 0. The van der Waals surface area contributed by atoms with Gasteiger partial charge in [-0.2, -0.15) is 0 Å². The van der Waals surface area contributed by atoms with Gasteiger partial charge in [-0.25, -0.2) is 4.79 Å². The maximum atomic E-state index is 12.3. The van der Waals surface area contributed by atoms with Crippen LogP contribution >= 0.6 is 0 Å². The molecule has 1 fully saturated rings. The molecule has 1 atom stereocenters. The number of para-hydroxylation sites is 2. The predicted octanol–water partition coefficient (Wildman–Crippen LogP) is 2.43. The molecule has 0 spiro atoms. The lowest BCUT2D eigenvalue weighted by Gasteiger charge is -2.46. The zero-order valence-corrected chi connectivity index (χ0v) is 15.5. The van der Waals surface area contributed by atoms with Gasteiger partial charge in [0.1, 0.15) is 6.61 Å². The van der Waals surface area contributed by atoms with Gasteiger partial charge in [0.05, 0.1) is 6.54 Å². The predicted molar refractivity (Wildman–Crippen MR) is 97.2 cm³/mol. The lowest BCUT2D eigenvalue weighted by Crippen LogP contribution is -2.63. The van der Waals surface area contributed by atoms with Gasteiger partial charge in [0, 0.05) is 17.1 Å². The number of carbonyl (C=O) groups is 1. The van der Waals surface area contributed by atoms with Gasteiger partial charge < -0.3 is 25.4 Å². The van der Waals surface area contributed by atoms with E-state index < -0.39 is 0 Å². The highest BCUT2D eigenvalue weighted by Gasteiger charge is 2.38. The summed E-state index contributed by atoms with van der Waals surface area (Å²) >= 11 is 0. The van der Waals surface area contributed by atoms with E-state index in [1.807, 2.05) is 24.3 Å². The van der Waals surface area contributed by atoms with Crippen molar-refractivity contribution in [3.63, 3.8) is 0 Å². The number of piperidine rings is 1. The Kier molecular flexibility index (Phi) is 4.82. The molecule has 0 saturated carbocycles. The molecular formula is C19H29N3O3. The minimum atomic E-state index is -0.179. The third-order valence-corrected chi connectivity index (χ3v) is 4.58. The standard InChI is InChI=1S/C19H29N3O3/c1-18(2)9-13(10-19(3,4)22-18)21-17(23)20-11-14-12-24-15-7-5-6-8-16(15)25-14/h5-8,13-14,22H,9-12H2,1-4H3,(H2,20,21,23)/t14-/m0/s1. The van der Waals surface area contributed by atoms with E-state index in [1.54, 1.807) is 0 Å². The highest BCUT2D eigenvalue weighted by atomic mass is 16.6. The molecule has 0 aromatic heterocycles. The van der Waals surface area contributed by atoms with Crippen LogP contribution in [0.25, 0.3) is 0 Å². The van der Waals surface area contributed by atoms with Crippen LogP contribution in [0.3, 0.4) is 0 Å². The number of hydrogen-bond donors (Lipinski definition) is 3. The molecule has 1 aromatic carbocycles. The SMILES string of the molecule is CC1(C)CC(NC(=O)NC[C@H]2COc3ccccc3O2)CC(C)(C)N1. The van der Waals surface area contributed by atoms with Gasteiger partial charge in [0.2, 0.25) is 0 Å². The molecule has 2 amide bonds. The van der Waals surface area contributed by atoms with Gasteiger partial charge in [-0.3, -0.25) is 0 Å². The zero-order valence-electron chi connectivity index (χ0n) is 15.5. The fourth-order valence-electron chi connectivity index (χ4n) is 4.03. The Morgan fingerprint density at radius 2 is 1.80 bits per heavy atom. The van der Waals surface area contributed by atoms with E-state index >= 15 is 0 Å².